The van der Waals surface area contributed by atoms with Crippen molar-refractivity contribution in [1.82, 2.24) is 9.88 Å². The van der Waals surface area contributed by atoms with E-state index in [1.165, 1.54) is 0 Å². The molecule has 0 aliphatic heterocycles. The van der Waals surface area contributed by atoms with Crippen LogP contribution < -0.4 is 10.5 Å². The molecule has 1 heterocycles. The minimum atomic E-state index is 0.0629. The third-order valence-corrected chi connectivity index (χ3v) is 4.32. The standard InChI is InChI=1S/C16H29N3O/c1-6-16(7-2,12-17)19(8-3)11-14-10-15(20-5)9-13(4)18-14/h9-10H,6-8,11-12,17H2,1-5H3. The highest BCUT2D eigenvalue weighted by Crippen LogP contribution is 2.25. The van der Waals surface area contributed by atoms with Crippen molar-refractivity contribution in [3.8, 4) is 5.75 Å². The van der Waals surface area contributed by atoms with E-state index >= 15 is 0 Å². The second-order valence-electron chi connectivity index (χ2n) is 5.29. The van der Waals surface area contributed by atoms with E-state index < -0.39 is 0 Å². The average Bonchev–Trinajstić information content (AvgIpc) is 2.47. The minimum absolute atomic E-state index is 0.0629. The number of aromatic nitrogens is 1. The Morgan fingerprint density at radius 3 is 2.35 bits per heavy atom. The van der Waals surface area contributed by atoms with Gasteiger partial charge in [-0.1, -0.05) is 20.8 Å². The van der Waals surface area contributed by atoms with Gasteiger partial charge >= 0.3 is 0 Å². The first-order valence-electron chi connectivity index (χ1n) is 7.51. The van der Waals surface area contributed by atoms with Crippen molar-refractivity contribution >= 4 is 0 Å². The van der Waals surface area contributed by atoms with E-state index in [1.54, 1.807) is 7.11 Å². The molecule has 0 saturated heterocycles. The third-order valence-electron chi connectivity index (χ3n) is 4.32. The van der Waals surface area contributed by atoms with E-state index in [9.17, 15) is 0 Å². The second kappa shape index (κ2) is 7.60. The summed E-state index contributed by atoms with van der Waals surface area (Å²) in [6.45, 7) is 11.1. The number of methoxy groups -OCH3 is 1. The van der Waals surface area contributed by atoms with Crippen molar-refractivity contribution in [1.29, 1.82) is 0 Å². The zero-order valence-electron chi connectivity index (χ0n) is 13.6. The fourth-order valence-electron chi connectivity index (χ4n) is 2.83. The Hall–Kier alpha value is -1.13. The van der Waals surface area contributed by atoms with Gasteiger partial charge in [-0.25, -0.2) is 0 Å². The van der Waals surface area contributed by atoms with E-state index in [1.807, 2.05) is 19.1 Å². The number of nitrogens with zero attached hydrogens (tertiary/aromatic N) is 2. The van der Waals surface area contributed by atoms with Gasteiger partial charge in [-0.2, -0.15) is 0 Å². The van der Waals surface area contributed by atoms with E-state index in [0.717, 1.165) is 43.1 Å². The van der Waals surface area contributed by atoms with Gasteiger partial charge in [-0.05, 0) is 26.3 Å². The van der Waals surface area contributed by atoms with Crippen molar-refractivity contribution < 1.29 is 4.74 Å². The van der Waals surface area contributed by atoms with E-state index in [0.29, 0.717) is 6.54 Å². The molecular formula is C16H29N3O. The molecule has 0 unspecified atom stereocenters. The Morgan fingerprint density at radius 1 is 1.25 bits per heavy atom. The lowest BCUT2D eigenvalue weighted by molar-refractivity contribution is 0.0813. The van der Waals surface area contributed by atoms with Crippen LogP contribution in [0.2, 0.25) is 0 Å². The topological polar surface area (TPSA) is 51.4 Å². The molecule has 2 N–H and O–H groups in total. The molecule has 0 aliphatic carbocycles. The Labute approximate surface area is 123 Å². The van der Waals surface area contributed by atoms with Gasteiger partial charge in [0.25, 0.3) is 0 Å². The van der Waals surface area contributed by atoms with Gasteiger partial charge in [-0.15, -0.1) is 0 Å². The highest BCUT2D eigenvalue weighted by molar-refractivity contribution is 5.26. The van der Waals surface area contributed by atoms with Crippen molar-refractivity contribution in [3.63, 3.8) is 0 Å². The quantitative estimate of drug-likeness (QED) is 0.795. The van der Waals surface area contributed by atoms with Crippen LogP contribution in [0, 0.1) is 6.92 Å². The summed E-state index contributed by atoms with van der Waals surface area (Å²) in [6.07, 6.45) is 2.10. The molecule has 1 aromatic rings. The van der Waals surface area contributed by atoms with Crippen LogP contribution in [0.4, 0.5) is 0 Å². The maximum absolute atomic E-state index is 6.06. The summed E-state index contributed by atoms with van der Waals surface area (Å²) in [6, 6.07) is 3.97. The summed E-state index contributed by atoms with van der Waals surface area (Å²) in [7, 11) is 1.69. The first kappa shape index (κ1) is 16.9. The Balaban J connectivity index is 3.01. The summed E-state index contributed by atoms with van der Waals surface area (Å²) in [5.74, 6) is 0.870. The maximum Gasteiger partial charge on any atom is 0.122 e. The molecule has 0 atom stereocenters. The van der Waals surface area contributed by atoms with E-state index in [4.69, 9.17) is 10.5 Å². The number of ether oxygens (including phenoxy) is 1. The van der Waals surface area contributed by atoms with Gasteiger partial charge in [0.05, 0.1) is 12.8 Å². The number of pyridine rings is 1. The normalized spacial score (nSPS) is 11.9. The molecule has 4 heteroatoms. The molecule has 1 aromatic heterocycles. The Kier molecular flexibility index (Phi) is 6.43. The molecular weight excluding hydrogens is 250 g/mol. The van der Waals surface area contributed by atoms with Crippen LogP contribution in [0.25, 0.3) is 0 Å². The van der Waals surface area contributed by atoms with Crippen molar-refractivity contribution in [2.45, 2.75) is 52.6 Å². The zero-order valence-corrected chi connectivity index (χ0v) is 13.6. The SMILES string of the molecule is CCN(Cc1cc(OC)cc(C)n1)C(CC)(CC)CN. The fraction of sp³-hybridized carbons (Fsp3) is 0.688. The van der Waals surface area contributed by atoms with Gasteiger partial charge in [0, 0.05) is 36.5 Å². The summed E-state index contributed by atoms with van der Waals surface area (Å²) < 4.78 is 5.33. The van der Waals surface area contributed by atoms with Gasteiger partial charge in [0.1, 0.15) is 5.75 Å². The van der Waals surface area contributed by atoms with Crippen molar-refractivity contribution in [2.75, 3.05) is 20.2 Å². The summed E-state index contributed by atoms with van der Waals surface area (Å²) in [5.41, 5.74) is 8.15. The van der Waals surface area contributed by atoms with E-state index in [-0.39, 0.29) is 5.54 Å². The fourth-order valence-corrected chi connectivity index (χ4v) is 2.83. The molecule has 1 rings (SSSR count). The van der Waals surface area contributed by atoms with Gasteiger partial charge in [-0.3, -0.25) is 9.88 Å². The van der Waals surface area contributed by atoms with Crippen LogP contribution in [0.3, 0.4) is 0 Å². The lowest BCUT2D eigenvalue weighted by atomic mass is 9.90. The number of aryl methyl sites for hydroxylation is 1. The first-order chi connectivity index (χ1) is 9.54. The smallest absolute Gasteiger partial charge is 0.122 e. The number of rotatable bonds is 8. The monoisotopic (exact) mass is 279 g/mol. The van der Waals surface area contributed by atoms with Crippen LogP contribution in [0.1, 0.15) is 45.0 Å². The molecule has 0 aliphatic rings. The molecule has 4 nitrogen and oxygen atoms in total. The van der Waals surface area contributed by atoms with Crippen molar-refractivity contribution in [2.24, 2.45) is 5.73 Å². The van der Waals surface area contributed by atoms with Crippen LogP contribution in [-0.4, -0.2) is 35.6 Å². The number of hydrogen-bond donors (Lipinski definition) is 1. The lowest BCUT2D eigenvalue weighted by Crippen LogP contribution is -2.52. The number of nitrogens with two attached hydrogens (primary N) is 1. The second-order valence-corrected chi connectivity index (χ2v) is 5.29. The predicted molar refractivity (Wildman–Crippen MR) is 84.0 cm³/mol. The molecule has 20 heavy (non-hydrogen) atoms. The van der Waals surface area contributed by atoms with Crippen LogP contribution in [0.5, 0.6) is 5.75 Å². The summed E-state index contributed by atoms with van der Waals surface area (Å²) >= 11 is 0. The Bertz CT molecular complexity index is 408. The van der Waals surface area contributed by atoms with E-state index in [2.05, 4.69) is 30.7 Å². The maximum atomic E-state index is 6.06. The van der Waals surface area contributed by atoms with Crippen LogP contribution in [0.15, 0.2) is 12.1 Å². The first-order valence-corrected chi connectivity index (χ1v) is 7.51. The average molecular weight is 279 g/mol. The zero-order chi connectivity index (χ0) is 15.2. The predicted octanol–water partition coefficient (Wildman–Crippen LogP) is 2.74. The van der Waals surface area contributed by atoms with Gasteiger partial charge < -0.3 is 10.5 Å². The molecule has 114 valence electrons. The highest BCUT2D eigenvalue weighted by atomic mass is 16.5. The summed E-state index contributed by atoms with van der Waals surface area (Å²) in [5, 5.41) is 0. The van der Waals surface area contributed by atoms with Crippen LogP contribution >= 0.6 is 0 Å². The van der Waals surface area contributed by atoms with Gasteiger partial charge in [0.2, 0.25) is 0 Å². The molecule has 0 fully saturated rings. The third kappa shape index (κ3) is 3.70. The molecule has 0 saturated carbocycles. The van der Waals surface area contributed by atoms with Gasteiger partial charge in [0.15, 0.2) is 0 Å². The molecule has 0 amide bonds. The summed E-state index contributed by atoms with van der Waals surface area (Å²) in [4.78, 5) is 7.06. The highest BCUT2D eigenvalue weighted by Gasteiger charge is 2.31. The largest absolute Gasteiger partial charge is 0.497 e. The lowest BCUT2D eigenvalue weighted by Gasteiger charge is -2.42. The molecule has 0 bridgehead atoms. The van der Waals surface area contributed by atoms with Crippen LogP contribution in [-0.2, 0) is 6.54 Å². The number of hydrogen-bond acceptors (Lipinski definition) is 4. The molecule has 0 radical (unpaired) electrons. The number of likely N-dealkylation sites (N-methyl/N-ethyl adjacent to an activating group) is 1. The molecule has 0 aromatic carbocycles. The molecule has 0 spiro atoms. The van der Waals surface area contributed by atoms with Crippen molar-refractivity contribution in [3.05, 3.63) is 23.5 Å². The Morgan fingerprint density at radius 2 is 1.90 bits per heavy atom. The minimum Gasteiger partial charge on any atom is -0.497 e.